The summed E-state index contributed by atoms with van der Waals surface area (Å²) in [5.74, 6) is 0.661. The fraction of sp³-hybridized carbons (Fsp3) is 0.190. The summed E-state index contributed by atoms with van der Waals surface area (Å²) in [5.41, 5.74) is 8.70. The zero-order valence-corrected chi connectivity index (χ0v) is 16.2. The molecule has 1 amide bonds. The minimum Gasteiger partial charge on any atom is -0.384 e. The Balaban J connectivity index is 1.79. The molecule has 138 valence electrons. The van der Waals surface area contributed by atoms with E-state index in [0.717, 1.165) is 16.8 Å². The van der Waals surface area contributed by atoms with Crippen LogP contribution in [-0.4, -0.2) is 33.6 Å². The molecule has 0 atom stereocenters. The second-order valence-electron chi connectivity index (χ2n) is 6.23. The van der Waals surface area contributed by atoms with Crippen molar-refractivity contribution in [3.05, 3.63) is 83.6 Å². The van der Waals surface area contributed by atoms with E-state index in [2.05, 4.69) is 9.97 Å². The van der Waals surface area contributed by atoms with Gasteiger partial charge in [-0.05, 0) is 18.1 Å². The number of benzene rings is 2. The normalized spacial score (nSPS) is 10.8. The Morgan fingerprint density at radius 2 is 1.59 bits per heavy atom. The topological polar surface area (TPSA) is 72.1 Å². The van der Waals surface area contributed by atoms with Crippen molar-refractivity contribution in [2.45, 2.75) is 18.1 Å². The zero-order chi connectivity index (χ0) is 19.2. The van der Waals surface area contributed by atoms with E-state index < -0.39 is 0 Å². The van der Waals surface area contributed by atoms with Gasteiger partial charge in [0.05, 0.1) is 11.8 Å². The molecule has 3 aromatic rings. The molecule has 1 heterocycles. The number of nitrogen functional groups attached to an aromatic ring is 1. The quantitative estimate of drug-likeness (QED) is 0.523. The van der Waals surface area contributed by atoms with Crippen LogP contribution in [0.5, 0.6) is 0 Å². The van der Waals surface area contributed by atoms with Gasteiger partial charge in [0.15, 0.2) is 5.16 Å². The van der Waals surface area contributed by atoms with Crippen LogP contribution in [0.4, 0.5) is 5.82 Å². The third-order valence-electron chi connectivity index (χ3n) is 4.19. The van der Waals surface area contributed by atoms with E-state index in [1.54, 1.807) is 11.0 Å². The molecule has 0 aliphatic carbocycles. The van der Waals surface area contributed by atoms with Gasteiger partial charge in [-0.1, -0.05) is 72.4 Å². The van der Waals surface area contributed by atoms with E-state index in [0.29, 0.717) is 11.0 Å². The van der Waals surface area contributed by atoms with E-state index in [9.17, 15) is 4.79 Å². The van der Waals surface area contributed by atoms with Crippen LogP contribution in [0.1, 0.15) is 22.9 Å². The monoisotopic (exact) mass is 378 g/mol. The van der Waals surface area contributed by atoms with Crippen LogP contribution in [0.15, 0.2) is 71.9 Å². The van der Waals surface area contributed by atoms with E-state index >= 15 is 0 Å². The van der Waals surface area contributed by atoms with Crippen molar-refractivity contribution in [1.29, 1.82) is 0 Å². The summed E-state index contributed by atoms with van der Waals surface area (Å²) in [4.78, 5) is 23.2. The molecule has 0 bridgehead atoms. The standard InChI is InChI=1S/C21H22N4OS/c1-15-13-18(22)24-21(23-15)27-14-19(26)25(2)20(16-9-5-3-6-10-16)17-11-7-4-8-12-17/h3-13,20H,14H2,1-2H3,(H2,22,23,24). The predicted octanol–water partition coefficient (Wildman–Crippen LogP) is 3.71. The van der Waals surface area contributed by atoms with Crippen molar-refractivity contribution < 1.29 is 4.79 Å². The number of hydrogen-bond donors (Lipinski definition) is 1. The van der Waals surface area contributed by atoms with Gasteiger partial charge >= 0.3 is 0 Å². The second-order valence-corrected chi connectivity index (χ2v) is 7.18. The molecule has 0 spiro atoms. The maximum Gasteiger partial charge on any atom is 0.233 e. The summed E-state index contributed by atoms with van der Waals surface area (Å²) in [7, 11) is 1.83. The molecule has 3 rings (SSSR count). The van der Waals surface area contributed by atoms with Crippen LogP contribution < -0.4 is 5.73 Å². The molecule has 2 N–H and O–H groups in total. The van der Waals surface area contributed by atoms with E-state index in [1.807, 2.05) is 74.6 Å². The SMILES string of the molecule is Cc1cc(N)nc(SCC(=O)N(C)C(c2ccccc2)c2ccccc2)n1. The average molecular weight is 379 g/mol. The third-order valence-corrected chi connectivity index (χ3v) is 5.02. The van der Waals surface area contributed by atoms with Gasteiger partial charge in [-0.15, -0.1) is 0 Å². The molecule has 0 saturated heterocycles. The van der Waals surface area contributed by atoms with Crippen molar-refractivity contribution in [3.63, 3.8) is 0 Å². The number of nitrogens with two attached hydrogens (primary N) is 1. The van der Waals surface area contributed by atoms with E-state index in [4.69, 9.17) is 5.73 Å². The summed E-state index contributed by atoms with van der Waals surface area (Å²) in [5, 5.41) is 0.519. The first-order valence-corrected chi connectivity index (χ1v) is 9.62. The van der Waals surface area contributed by atoms with Crippen LogP contribution in [-0.2, 0) is 4.79 Å². The molecule has 0 saturated carbocycles. The zero-order valence-electron chi connectivity index (χ0n) is 15.4. The molecule has 0 fully saturated rings. The van der Waals surface area contributed by atoms with Crippen LogP contribution in [0.25, 0.3) is 0 Å². The molecule has 0 aliphatic heterocycles. The summed E-state index contributed by atoms with van der Waals surface area (Å²) >= 11 is 1.30. The number of nitrogens with zero attached hydrogens (tertiary/aromatic N) is 3. The lowest BCUT2D eigenvalue weighted by Gasteiger charge is -2.29. The lowest BCUT2D eigenvalue weighted by Crippen LogP contribution is -2.33. The van der Waals surface area contributed by atoms with Gasteiger partial charge in [-0.25, -0.2) is 9.97 Å². The Morgan fingerprint density at radius 1 is 1.04 bits per heavy atom. The van der Waals surface area contributed by atoms with Gasteiger partial charge < -0.3 is 10.6 Å². The third kappa shape index (κ3) is 4.86. The Kier molecular flexibility index (Phi) is 6.08. The number of carbonyl (C=O) groups excluding carboxylic acids is 1. The summed E-state index contributed by atoms with van der Waals surface area (Å²) < 4.78 is 0. The Morgan fingerprint density at radius 3 is 2.11 bits per heavy atom. The summed E-state index contributed by atoms with van der Waals surface area (Å²) in [6.07, 6.45) is 0. The predicted molar refractivity (Wildman–Crippen MR) is 109 cm³/mol. The maximum atomic E-state index is 12.9. The summed E-state index contributed by atoms with van der Waals surface area (Å²) in [6, 6.07) is 21.6. The van der Waals surface area contributed by atoms with Crippen LogP contribution in [0, 0.1) is 6.92 Å². The number of rotatable bonds is 6. The molecule has 0 aliphatic rings. The Labute approximate surface area is 163 Å². The Hall–Kier alpha value is -2.86. The highest BCUT2D eigenvalue weighted by Crippen LogP contribution is 2.28. The fourth-order valence-corrected chi connectivity index (χ4v) is 3.75. The van der Waals surface area contributed by atoms with Crippen molar-refractivity contribution in [2.75, 3.05) is 18.5 Å². The van der Waals surface area contributed by atoms with Gasteiger partial charge in [0.2, 0.25) is 5.91 Å². The highest BCUT2D eigenvalue weighted by molar-refractivity contribution is 7.99. The first-order chi connectivity index (χ1) is 13.0. The molecule has 2 aromatic carbocycles. The number of thioether (sulfide) groups is 1. The number of carbonyl (C=O) groups is 1. The number of aryl methyl sites for hydroxylation is 1. The lowest BCUT2D eigenvalue weighted by molar-refractivity contribution is -0.128. The molecule has 0 unspecified atom stereocenters. The Bertz CT molecular complexity index is 843. The summed E-state index contributed by atoms with van der Waals surface area (Å²) in [6.45, 7) is 1.86. The highest BCUT2D eigenvalue weighted by Gasteiger charge is 2.23. The highest BCUT2D eigenvalue weighted by atomic mass is 32.2. The van der Waals surface area contributed by atoms with E-state index in [-0.39, 0.29) is 17.7 Å². The van der Waals surface area contributed by atoms with Crippen LogP contribution >= 0.6 is 11.8 Å². The number of aromatic nitrogens is 2. The van der Waals surface area contributed by atoms with Crippen molar-refractivity contribution in [3.8, 4) is 0 Å². The van der Waals surface area contributed by atoms with E-state index in [1.165, 1.54) is 11.8 Å². The molecule has 6 heteroatoms. The van der Waals surface area contributed by atoms with Crippen LogP contribution in [0.2, 0.25) is 0 Å². The van der Waals surface area contributed by atoms with Gasteiger partial charge in [0.25, 0.3) is 0 Å². The average Bonchev–Trinajstić information content (AvgIpc) is 2.67. The molecule has 27 heavy (non-hydrogen) atoms. The van der Waals surface area contributed by atoms with Gasteiger partial charge in [-0.3, -0.25) is 4.79 Å². The lowest BCUT2D eigenvalue weighted by atomic mass is 9.97. The number of anilines is 1. The maximum absolute atomic E-state index is 12.9. The molecular weight excluding hydrogens is 356 g/mol. The first kappa shape index (κ1) is 18.9. The fourth-order valence-electron chi connectivity index (χ4n) is 2.91. The second kappa shape index (κ2) is 8.68. The minimum atomic E-state index is -0.149. The van der Waals surface area contributed by atoms with Crippen molar-refractivity contribution in [2.24, 2.45) is 0 Å². The minimum absolute atomic E-state index is 0.00128. The number of hydrogen-bond acceptors (Lipinski definition) is 5. The first-order valence-electron chi connectivity index (χ1n) is 8.64. The molecule has 5 nitrogen and oxygen atoms in total. The molecule has 0 radical (unpaired) electrons. The largest absolute Gasteiger partial charge is 0.384 e. The van der Waals surface area contributed by atoms with Crippen molar-refractivity contribution >= 4 is 23.5 Å². The smallest absolute Gasteiger partial charge is 0.233 e. The van der Waals surface area contributed by atoms with Crippen molar-refractivity contribution in [1.82, 2.24) is 14.9 Å². The molecular formula is C21H22N4OS. The molecule has 1 aromatic heterocycles. The van der Waals surface area contributed by atoms with Crippen LogP contribution in [0.3, 0.4) is 0 Å². The van der Waals surface area contributed by atoms with Gasteiger partial charge in [-0.2, -0.15) is 0 Å². The van der Waals surface area contributed by atoms with Gasteiger partial charge in [0, 0.05) is 18.8 Å². The number of amides is 1. The van der Waals surface area contributed by atoms with Gasteiger partial charge in [0.1, 0.15) is 5.82 Å².